The van der Waals surface area contributed by atoms with E-state index < -0.39 is 0 Å². The van der Waals surface area contributed by atoms with Crippen molar-refractivity contribution in [3.63, 3.8) is 0 Å². The molecule has 1 rings (SSSR count). The summed E-state index contributed by atoms with van der Waals surface area (Å²) in [4.78, 5) is 0. The molecule has 0 atom stereocenters. The van der Waals surface area contributed by atoms with Crippen LogP contribution in [0.3, 0.4) is 0 Å². The number of nitrogens with two attached hydrogens (primary N) is 1. The highest BCUT2D eigenvalue weighted by Crippen LogP contribution is 2.12. The lowest BCUT2D eigenvalue weighted by Gasteiger charge is -2.05. The minimum absolute atomic E-state index is 0.185. The highest BCUT2D eigenvalue weighted by Gasteiger charge is 1.99. The van der Waals surface area contributed by atoms with E-state index in [0.717, 1.165) is 18.6 Å². The Balaban J connectivity index is 2.28. The van der Waals surface area contributed by atoms with E-state index in [0.29, 0.717) is 6.61 Å². The zero-order valence-corrected chi connectivity index (χ0v) is 9.13. The van der Waals surface area contributed by atoms with E-state index in [2.05, 4.69) is 6.92 Å². The summed E-state index contributed by atoms with van der Waals surface area (Å²) >= 11 is 0. The lowest BCUT2D eigenvalue weighted by molar-refractivity contribution is 0.117. The molecule has 0 saturated heterocycles. The van der Waals surface area contributed by atoms with Crippen LogP contribution in [0.25, 0.3) is 0 Å². The van der Waals surface area contributed by atoms with E-state index in [4.69, 9.17) is 10.5 Å². The van der Waals surface area contributed by atoms with Gasteiger partial charge in [0.05, 0.1) is 12.3 Å². The average molecular weight is 211 g/mol. The zero-order chi connectivity index (χ0) is 11.1. The van der Waals surface area contributed by atoms with E-state index in [-0.39, 0.29) is 11.5 Å². The maximum atomic E-state index is 13.0. The number of rotatable bonds is 6. The van der Waals surface area contributed by atoms with Gasteiger partial charge in [0.1, 0.15) is 5.82 Å². The summed E-state index contributed by atoms with van der Waals surface area (Å²) in [6.45, 7) is 3.34. The Labute approximate surface area is 90.2 Å². The van der Waals surface area contributed by atoms with Crippen LogP contribution in [0.1, 0.15) is 31.7 Å². The predicted octanol–water partition coefficient (Wildman–Crippen LogP) is 3.11. The second kappa shape index (κ2) is 6.40. The second-order valence-corrected chi connectivity index (χ2v) is 3.62. The Morgan fingerprint density at radius 1 is 1.33 bits per heavy atom. The molecular weight excluding hydrogens is 193 g/mol. The molecule has 0 spiro atoms. The summed E-state index contributed by atoms with van der Waals surface area (Å²) in [6, 6.07) is 4.79. The number of unbranched alkanes of at least 4 members (excludes halogenated alkanes) is 2. The molecule has 0 radical (unpaired) electrons. The molecule has 15 heavy (non-hydrogen) atoms. The molecule has 0 saturated carbocycles. The van der Waals surface area contributed by atoms with Gasteiger partial charge in [-0.25, -0.2) is 4.39 Å². The molecule has 0 amide bonds. The van der Waals surface area contributed by atoms with E-state index in [1.807, 2.05) is 0 Å². The molecule has 0 unspecified atom stereocenters. The third kappa shape index (κ3) is 4.30. The Hall–Kier alpha value is -1.09. The molecule has 1 aromatic carbocycles. The first-order chi connectivity index (χ1) is 7.24. The fourth-order valence-corrected chi connectivity index (χ4v) is 1.30. The van der Waals surface area contributed by atoms with Gasteiger partial charge in [-0.05, 0) is 24.1 Å². The largest absolute Gasteiger partial charge is 0.396 e. The van der Waals surface area contributed by atoms with Gasteiger partial charge < -0.3 is 10.5 Å². The predicted molar refractivity (Wildman–Crippen MR) is 60.0 cm³/mol. The van der Waals surface area contributed by atoms with Crippen molar-refractivity contribution in [2.75, 3.05) is 12.3 Å². The van der Waals surface area contributed by atoms with Gasteiger partial charge in [0.2, 0.25) is 0 Å². The minimum atomic E-state index is -0.371. The van der Waals surface area contributed by atoms with Gasteiger partial charge in [0, 0.05) is 6.61 Å². The highest BCUT2D eigenvalue weighted by molar-refractivity contribution is 5.41. The monoisotopic (exact) mass is 211 g/mol. The van der Waals surface area contributed by atoms with Crippen LogP contribution in [-0.4, -0.2) is 6.61 Å². The van der Waals surface area contributed by atoms with Crippen LogP contribution in [0.2, 0.25) is 0 Å². The van der Waals surface area contributed by atoms with Crippen molar-refractivity contribution in [2.24, 2.45) is 0 Å². The summed E-state index contributed by atoms with van der Waals surface area (Å²) in [6.07, 6.45) is 3.42. The first kappa shape index (κ1) is 12.0. The lowest BCUT2D eigenvalue weighted by atomic mass is 10.2. The maximum absolute atomic E-state index is 13.0. The minimum Gasteiger partial charge on any atom is -0.396 e. The van der Waals surface area contributed by atoms with Crippen molar-refractivity contribution in [2.45, 2.75) is 32.8 Å². The van der Waals surface area contributed by atoms with Gasteiger partial charge >= 0.3 is 0 Å². The quantitative estimate of drug-likeness (QED) is 0.579. The van der Waals surface area contributed by atoms with Gasteiger partial charge in [0.15, 0.2) is 0 Å². The van der Waals surface area contributed by atoms with Gasteiger partial charge in [0.25, 0.3) is 0 Å². The van der Waals surface area contributed by atoms with Crippen LogP contribution in [-0.2, 0) is 11.3 Å². The average Bonchev–Trinajstić information content (AvgIpc) is 2.23. The molecule has 0 bridgehead atoms. The molecule has 0 aliphatic carbocycles. The molecule has 2 N–H and O–H groups in total. The summed E-state index contributed by atoms with van der Waals surface area (Å²) in [5.74, 6) is -0.371. The number of nitrogen functional groups attached to an aromatic ring is 1. The van der Waals surface area contributed by atoms with Crippen molar-refractivity contribution in [1.82, 2.24) is 0 Å². The van der Waals surface area contributed by atoms with Gasteiger partial charge in [-0.1, -0.05) is 25.8 Å². The summed E-state index contributed by atoms with van der Waals surface area (Å²) in [7, 11) is 0. The number of ether oxygens (including phenoxy) is 1. The van der Waals surface area contributed by atoms with E-state index in [1.165, 1.54) is 18.9 Å². The number of hydrogen-bond donors (Lipinski definition) is 1. The Morgan fingerprint density at radius 2 is 2.13 bits per heavy atom. The fraction of sp³-hybridized carbons (Fsp3) is 0.500. The van der Waals surface area contributed by atoms with Crippen molar-refractivity contribution in [3.05, 3.63) is 29.6 Å². The van der Waals surface area contributed by atoms with Gasteiger partial charge in [-0.15, -0.1) is 0 Å². The maximum Gasteiger partial charge on any atom is 0.146 e. The van der Waals surface area contributed by atoms with Crippen LogP contribution in [0, 0.1) is 5.82 Å². The third-order valence-corrected chi connectivity index (χ3v) is 2.23. The van der Waals surface area contributed by atoms with Gasteiger partial charge in [-0.2, -0.15) is 0 Å². The molecule has 0 fully saturated rings. The summed E-state index contributed by atoms with van der Waals surface area (Å²) < 4.78 is 18.4. The zero-order valence-electron chi connectivity index (χ0n) is 9.13. The number of benzene rings is 1. The van der Waals surface area contributed by atoms with Crippen LogP contribution < -0.4 is 5.73 Å². The summed E-state index contributed by atoms with van der Waals surface area (Å²) in [5.41, 5.74) is 6.38. The second-order valence-electron chi connectivity index (χ2n) is 3.62. The van der Waals surface area contributed by atoms with Crippen molar-refractivity contribution in [3.8, 4) is 0 Å². The number of halogens is 1. The number of hydrogen-bond acceptors (Lipinski definition) is 2. The lowest BCUT2D eigenvalue weighted by Crippen LogP contribution is -1.97. The third-order valence-electron chi connectivity index (χ3n) is 2.23. The molecule has 0 aromatic heterocycles. The molecule has 3 heteroatoms. The molecule has 0 aliphatic rings. The van der Waals surface area contributed by atoms with Crippen molar-refractivity contribution in [1.29, 1.82) is 0 Å². The van der Waals surface area contributed by atoms with Gasteiger partial charge in [-0.3, -0.25) is 0 Å². The fourth-order valence-electron chi connectivity index (χ4n) is 1.30. The SMILES string of the molecule is CCCCCOCc1ccc(N)c(F)c1. The Morgan fingerprint density at radius 3 is 2.80 bits per heavy atom. The topological polar surface area (TPSA) is 35.2 Å². The number of anilines is 1. The van der Waals surface area contributed by atoms with Crippen LogP contribution in [0.5, 0.6) is 0 Å². The molecule has 0 aliphatic heterocycles. The molecule has 84 valence electrons. The van der Waals surface area contributed by atoms with Crippen LogP contribution in [0.15, 0.2) is 18.2 Å². The van der Waals surface area contributed by atoms with Crippen LogP contribution in [0.4, 0.5) is 10.1 Å². The normalized spacial score (nSPS) is 10.5. The van der Waals surface area contributed by atoms with E-state index in [1.54, 1.807) is 12.1 Å². The van der Waals surface area contributed by atoms with E-state index >= 15 is 0 Å². The standard InChI is InChI=1S/C12H18FNO/c1-2-3-4-7-15-9-10-5-6-12(14)11(13)8-10/h5-6,8H,2-4,7,9,14H2,1H3. The molecule has 0 heterocycles. The van der Waals surface area contributed by atoms with Crippen LogP contribution >= 0.6 is 0 Å². The Bertz CT molecular complexity index is 302. The first-order valence-electron chi connectivity index (χ1n) is 5.35. The molecule has 2 nitrogen and oxygen atoms in total. The smallest absolute Gasteiger partial charge is 0.146 e. The molecular formula is C12H18FNO. The Kier molecular flexibility index (Phi) is 5.12. The summed E-state index contributed by atoms with van der Waals surface area (Å²) in [5, 5.41) is 0. The first-order valence-corrected chi connectivity index (χ1v) is 5.35. The van der Waals surface area contributed by atoms with Crippen molar-refractivity contribution < 1.29 is 9.13 Å². The van der Waals surface area contributed by atoms with E-state index in [9.17, 15) is 4.39 Å². The molecule has 1 aromatic rings. The van der Waals surface area contributed by atoms with Crippen molar-refractivity contribution >= 4 is 5.69 Å². The highest BCUT2D eigenvalue weighted by atomic mass is 19.1.